The fraction of sp³-hybridized carbons (Fsp3) is 0. The smallest absolute Gasteiger partial charge is 0.234 e. The fourth-order valence-corrected chi connectivity index (χ4v) is 1.56. The highest BCUT2D eigenvalue weighted by atomic mass is 15.1. The molecule has 0 aliphatic heterocycles. The maximum absolute atomic E-state index is 4.25. The van der Waals surface area contributed by atoms with Crippen molar-refractivity contribution in [1.82, 2.24) is 19.5 Å². The topological polar surface area (TPSA) is 43.6 Å². The summed E-state index contributed by atoms with van der Waals surface area (Å²) in [7, 11) is 0. The first-order chi connectivity index (χ1) is 7.45. The molecule has 72 valence electrons. The van der Waals surface area contributed by atoms with Crippen molar-refractivity contribution in [1.29, 1.82) is 0 Å². The third kappa shape index (κ3) is 1.27. The first-order valence-corrected chi connectivity index (χ1v) is 4.64. The lowest BCUT2D eigenvalue weighted by Crippen LogP contribution is -1.97. The molecule has 4 nitrogen and oxygen atoms in total. The SMILES string of the molecule is c1cnc(-n2ccc3ncccc32)nc1. The van der Waals surface area contributed by atoms with Gasteiger partial charge < -0.3 is 0 Å². The quantitative estimate of drug-likeness (QED) is 0.596. The van der Waals surface area contributed by atoms with Crippen molar-refractivity contribution in [3.8, 4) is 5.95 Å². The van der Waals surface area contributed by atoms with Crippen LogP contribution in [0.4, 0.5) is 0 Å². The van der Waals surface area contributed by atoms with Crippen LogP contribution < -0.4 is 0 Å². The van der Waals surface area contributed by atoms with E-state index in [0.29, 0.717) is 5.95 Å². The summed E-state index contributed by atoms with van der Waals surface area (Å²) >= 11 is 0. The zero-order valence-corrected chi connectivity index (χ0v) is 7.91. The monoisotopic (exact) mass is 196 g/mol. The number of hydrogen-bond acceptors (Lipinski definition) is 3. The van der Waals surface area contributed by atoms with E-state index < -0.39 is 0 Å². The van der Waals surface area contributed by atoms with Crippen LogP contribution in [0.5, 0.6) is 0 Å². The van der Waals surface area contributed by atoms with Gasteiger partial charge in [0.05, 0.1) is 11.0 Å². The normalized spacial score (nSPS) is 10.7. The van der Waals surface area contributed by atoms with Crippen LogP contribution in [0.2, 0.25) is 0 Å². The molecule has 0 bridgehead atoms. The van der Waals surface area contributed by atoms with Gasteiger partial charge in [0.2, 0.25) is 5.95 Å². The van der Waals surface area contributed by atoms with Crippen LogP contribution in [0.3, 0.4) is 0 Å². The Labute approximate surface area is 86.2 Å². The molecule has 3 heterocycles. The van der Waals surface area contributed by atoms with Crippen LogP contribution in [-0.4, -0.2) is 19.5 Å². The van der Waals surface area contributed by atoms with Crippen molar-refractivity contribution in [2.75, 3.05) is 0 Å². The van der Waals surface area contributed by atoms with Crippen molar-refractivity contribution in [2.24, 2.45) is 0 Å². The van der Waals surface area contributed by atoms with Crippen LogP contribution in [0.25, 0.3) is 17.0 Å². The minimum Gasteiger partial charge on any atom is -0.284 e. The number of nitrogens with zero attached hydrogens (tertiary/aromatic N) is 4. The van der Waals surface area contributed by atoms with Gasteiger partial charge in [-0.1, -0.05) is 0 Å². The molecule has 0 radical (unpaired) electrons. The largest absolute Gasteiger partial charge is 0.284 e. The molecule has 0 saturated heterocycles. The summed E-state index contributed by atoms with van der Waals surface area (Å²) in [6.07, 6.45) is 7.15. The number of rotatable bonds is 1. The average molecular weight is 196 g/mol. The molecule has 3 aromatic heterocycles. The van der Waals surface area contributed by atoms with Crippen molar-refractivity contribution < 1.29 is 0 Å². The maximum Gasteiger partial charge on any atom is 0.234 e. The van der Waals surface area contributed by atoms with Crippen LogP contribution in [0.15, 0.2) is 49.1 Å². The summed E-state index contributed by atoms with van der Waals surface area (Å²) in [5.41, 5.74) is 1.97. The first kappa shape index (κ1) is 8.11. The first-order valence-electron chi connectivity index (χ1n) is 4.64. The van der Waals surface area contributed by atoms with Crippen molar-refractivity contribution >= 4 is 11.0 Å². The summed E-state index contributed by atoms with van der Waals surface area (Å²) in [4.78, 5) is 12.6. The minimum atomic E-state index is 0.667. The van der Waals surface area contributed by atoms with Crippen LogP contribution >= 0.6 is 0 Å². The Morgan fingerprint density at radius 2 is 1.67 bits per heavy atom. The van der Waals surface area contributed by atoms with Crippen molar-refractivity contribution in [2.45, 2.75) is 0 Å². The van der Waals surface area contributed by atoms with Gasteiger partial charge >= 0.3 is 0 Å². The van der Waals surface area contributed by atoms with E-state index in [9.17, 15) is 0 Å². The summed E-state index contributed by atoms with van der Waals surface area (Å²) in [5, 5.41) is 0. The predicted molar refractivity (Wildman–Crippen MR) is 56.7 cm³/mol. The second-order valence-corrected chi connectivity index (χ2v) is 3.14. The molecule has 0 aromatic carbocycles. The van der Waals surface area contributed by atoms with E-state index >= 15 is 0 Å². The number of hydrogen-bond donors (Lipinski definition) is 0. The number of pyridine rings is 1. The molecular formula is C11H8N4. The summed E-state index contributed by atoms with van der Waals surface area (Å²) in [5.74, 6) is 0.667. The van der Waals surface area contributed by atoms with E-state index in [1.54, 1.807) is 24.7 Å². The van der Waals surface area contributed by atoms with Gasteiger partial charge in [-0.2, -0.15) is 0 Å². The Kier molecular flexibility index (Phi) is 1.71. The van der Waals surface area contributed by atoms with Gasteiger partial charge in [-0.3, -0.25) is 9.55 Å². The fourth-order valence-electron chi connectivity index (χ4n) is 1.56. The lowest BCUT2D eigenvalue weighted by molar-refractivity contribution is 0.961. The molecule has 0 fully saturated rings. The molecule has 3 aromatic rings. The van der Waals surface area contributed by atoms with Gasteiger partial charge in [0, 0.05) is 24.8 Å². The van der Waals surface area contributed by atoms with Gasteiger partial charge in [-0.25, -0.2) is 9.97 Å². The second-order valence-electron chi connectivity index (χ2n) is 3.14. The molecule has 15 heavy (non-hydrogen) atoms. The lowest BCUT2D eigenvalue weighted by atomic mass is 10.4. The van der Waals surface area contributed by atoms with Crippen molar-refractivity contribution in [3.05, 3.63) is 49.1 Å². The van der Waals surface area contributed by atoms with Crippen LogP contribution in [-0.2, 0) is 0 Å². The van der Waals surface area contributed by atoms with Gasteiger partial charge in [0.25, 0.3) is 0 Å². The molecule has 0 amide bonds. The van der Waals surface area contributed by atoms with Gasteiger partial charge in [-0.15, -0.1) is 0 Å². The molecule has 0 atom stereocenters. The second kappa shape index (κ2) is 3.16. The van der Waals surface area contributed by atoms with Crippen LogP contribution in [0.1, 0.15) is 0 Å². The Morgan fingerprint density at radius 3 is 2.53 bits per heavy atom. The zero-order chi connectivity index (χ0) is 10.1. The van der Waals surface area contributed by atoms with E-state index in [1.807, 2.05) is 29.0 Å². The summed E-state index contributed by atoms with van der Waals surface area (Å²) in [6, 6.07) is 7.65. The molecular weight excluding hydrogens is 188 g/mol. The summed E-state index contributed by atoms with van der Waals surface area (Å²) in [6.45, 7) is 0. The Hall–Kier alpha value is -2.23. The highest BCUT2D eigenvalue weighted by molar-refractivity contribution is 5.76. The van der Waals surface area contributed by atoms with E-state index in [0.717, 1.165) is 11.0 Å². The lowest BCUT2D eigenvalue weighted by Gasteiger charge is -2.00. The van der Waals surface area contributed by atoms with Gasteiger partial charge in [0.1, 0.15) is 0 Å². The maximum atomic E-state index is 4.25. The van der Waals surface area contributed by atoms with E-state index in [2.05, 4.69) is 15.0 Å². The third-order valence-corrected chi connectivity index (χ3v) is 2.22. The minimum absolute atomic E-state index is 0.667. The molecule has 0 spiro atoms. The molecule has 0 unspecified atom stereocenters. The third-order valence-electron chi connectivity index (χ3n) is 2.22. The van der Waals surface area contributed by atoms with Gasteiger partial charge in [-0.05, 0) is 24.3 Å². The van der Waals surface area contributed by atoms with E-state index in [-0.39, 0.29) is 0 Å². The zero-order valence-electron chi connectivity index (χ0n) is 7.91. The molecule has 0 saturated carbocycles. The molecule has 0 N–H and O–H groups in total. The van der Waals surface area contributed by atoms with Crippen molar-refractivity contribution in [3.63, 3.8) is 0 Å². The Balaban J connectivity index is 2.28. The molecule has 4 heteroatoms. The summed E-state index contributed by atoms with van der Waals surface area (Å²) < 4.78 is 1.92. The standard InChI is InChI=1S/C11H8N4/c1-3-10-9(12-5-1)4-8-15(10)11-13-6-2-7-14-11/h1-8H. The Bertz CT molecular complexity index is 586. The van der Waals surface area contributed by atoms with Crippen LogP contribution in [0, 0.1) is 0 Å². The molecule has 0 aliphatic rings. The van der Waals surface area contributed by atoms with E-state index in [1.165, 1.54) is 0 Å². The number of fused-ring (bicyclic) bond motifs is 1. The Morgan fingerprint density at radius 1 is 0.867 bits per heavy atom. The average Bonchev–Trinajstić information content (AvgIpc) is 2.74. The molecule has 0 aliphatic carbocycles. The highest BCUT2D eigenvalue weighted by Gasteiger charge is 2.03. The highest BCUT2D eigenvalue weighted by Crippen LogP contribution is 2.14. The molecule has 3 rings (SSSR count). The number of aromatic nitrogens is 4. The van der Waals surface area contributed by atoms with E-state index in [4.69, 9.17) is 0 Å². The van der Waals surface area contributed by atoms with Gasteiger partial charge in [0.15, 0.2) is 0 Å². The predicted octanol–water partition coefficient (Wildman–Crippen LogP) is 1.82.